The molecule has 0 aliphatic rings. The minimum atomic E-state index is 0. The van der Waals surface area contributed by atoms with Crippen LogP contribution in [0, 0.1) is 6.92 Å². The molecule has 0 unspecified atom stereocenters. The van der Waals surface area contributed by atoms with Gasteiger partial charge in [0.1, 0.15) is 6.54 Å². The van der Waals surface area contributed by atoms with E-state index in [0.29, 0.717) is 0 Å². The second-order valence-corrected chi connectivity index (χ2v) is 4.32. The Hall–Kier alpha value is -0.170. The largest absolute Gasteiger partial charge is 1.00 e. The molecule has 2 heterocycles. The van der Waals surface area contributed by atoms with E-state index in [1.54, 1.807) is 11.3 Å². The molecule has 0 fully saturated rings. The summed E-state index contributed by atoms with van der Waals surface area (Å²) in [5.74, 6) is 0. The van der Waals surface area contributed by atoms with Crippen LogP contribution in [0.5, 0.6) is 0 Å². The molecule has 0 aliphatic carbocycles. The van der Waals surface area contributed by atoms with Gasteiger partial charge in [0.15, 0.2) is 5.69 Å². The highest BCUT2D eigenvalue weighted by Crippen LogP contribution is 2.10. The molecule has 2 N–H and O–H groups in total. The summed E-state index contributed by atoms with van der Waals surface area (Å²) in [7, 11) is 0. The van der Waals surface area contributed by atoms with Crippen molar-refractivity contribution in [1.29, 1.82) is 0 Å². The van der Waals surface area contributed by atoms with Gasteiger partial charge in [-0.1, -0.05) is 11.3 Å². The number of aryl methyl sites for hydroxylation is 1. The third kappa shape index (κ3) is 6.68. The summed E-state index contributed by atoms with van der Waals surface area (Å²) in [6.07, 6.45) is 4.55. The van der Waals surface area contributed by atoms with Gasteiger partial charge in [0.05, 0.1) is 4.88 Å². The Morgan fingerprint density at radius 2 is 1.94 bits per heavy atom. The molecule has 6 heteroatoms. The number of aliphatic hydroxyl groups excluding tert-OH is 1. The van der Waals surface area contributed by atoms with Gasteiger partial charge in [-0.25, -0.2) is 0 Å². The van der Waals surface area contributed by atoms with Gasteiger partial charge in [0.25, 0.3) is 0 Å². The van der Waals surface area contributed by atoms with Crippen molar-refractivity contribution >= 4 is 28.3 Å². The van der Waals surface area contributed by atoms with E-state index in [1.165, 1.54) is 10.6 Å². The fraction of sp³-hybridized carbons (Fsp3) is 0.417. The molecule has 0 spiro atoms. The van der Waals surface area contributed by atoms with Crippen LogP contribution in [-0.2, 0) is 13.0 Å². The van der Waals surface area contributed by atoms with Crippen LogP contribution in [-0.4, -0.2) is 16.7 Å². The summed E-state index contributed by atoms with van der Waals surface area (Å²) in [6, 6.07) is 3.89. The number of rotatable bonds is 3. The van der Waals surface area contributed by atoms with Crippen LogP contribution in [0.15, 0.2) is 30.0 Å². The standard InChI is InChI=1S/C8H14NOS.C4H5N.2BrH/c1-3-9-6-11-8(4-5-10)7(9)2;1-2-4-5-3-1;;/h6,10H,3-5H2,1-2H3;1-5H;2*1H/q+1;;;/p-1. The second-order valence-electron chi connectivity index (χ2n) is 3.38. The molecular formula is C12H20Br2N2OS. The summed E-state index contributed by atoms with van der Waals surface area (Å²) in [5.41, 5.74) is 3.41. The average Bonchev–Trinajstić information content (AvgIpc) is 2.94. The van der Waals surface area contributed by atoms with Crippen molar-refractivity contribution in [3.8, 4) is 0 Å². The van der Waals surface area contributed by atoms with Gasteiger partial charge in [-0.05, 0) is 19.1 Å². The minimum Gasteiger partial charge on any atom is -1.00 e. The highest BCUT2D eigenvalue weighted by molar-refractivity contribution is 8.93. The van der Waals surface area contributed by atoms with E-state index in [1.807, 2.05) is 24.5 Å². The van der Waals surface area contributed by atoms with Crippen LogP contribution in [0.2, 0.25) is 0 Å². The predicted molar refractivity (Wildman–Crippen MR) is 76.8 cm³/mol. The number of hydrogen-bond donors (Lipinski definition) is 2. The molecule has 0 saturated heterocycles. The molecule has 2 aromatic rings. The maximum atomic E-state index is 8.72. The minimum absolute atomic E-state index is 0. The molecule has 3 nitrogen and oxygen atoms in total. The lowest BCUT2D eigenvalue weighted by Gasteiger charge is -1.90. The van der Waals surface area contributed by atoms with Crippen molar-refractivity contribution in [3.05, 3.63) is 40.6 Å². The zero-order valence-corrected chi connectivity index (χ0v) is 14.7. The highest BCUT2D eigenvalue weighted by Gasteiger charge is 2.11. The topological polar surface area (TPSA) is 39.9 Å². The number of aliphatic hydroxyl groups is 1. The Labute approximate surface area is 133 Å². The van der Waals surface area contributed by atoms with Crippen molar-refractivity contribution in [1.82, 2.24) is 4.98 Å². The maximum absolute atomic E-state index is 8.72. The number of thiazole rings is 1. The van der Waals surface area contributed by atoms with Crippen LogP contribution >= 0.6 is 28.3 Å². The number of halogens is 2. The lowest BCUT2D eigenvalue weighted by molar-refractivity contribution is -0.694. The van der Waals surface area contributed by atoms with Gasteiger partial charge in [-0.3, -0.25) is 0 Å². The van der Waals surface area contributed by atoms with E-state index in [2.05, 4.69) is 28.9 Å². The van der Waals surface area contributed by atoms with Gasteiger partial charge < -0.3 is 27.1 Å². The Bertz CT molecular complexity index is 373. The van der Waals surface area contributed by atoms with Gasteiger partial charge >= 0.3 is 0 Å². The van der Waals surface area contributed by atoms with Crippen LogP contribution in [0.1, 0.15) is 17.5 Å². The number of nitrogens with one attached hydrogen (secondary N) is 1. The predicted octanol–water partition coefficient (Wildman–Crippen LogP) is -0.505. The molecule has 0 bridgehead atoms. The zero-order valence-electron chi connectivity index (χ0n) is 10.6. The molecule has 2 aromatic heterocycles. The quantitative estimate of drug-likeness (QED) is 0.671. The molecule has 0 aliphatic heterocycles. The van der Waals surface area contributed by atoms with Gasteiger partial charge in [0, 0.05) is 32.3 Å². The summed E-state index contributed by atoms with van der Waals surface area (Å²) in [4.78, 5) is 4.16. The summed E-state index contributed by atoms with van der Waals surface area (Å²) < 4.78 is 2.20. The summed E-state index contributed by atoms with van der Waals surface area (Å²) in [6.45, 7) is 5.51. The Kier molecular flexibility index (Phi) is 13.3. The van der Waals surface area contributed by atoms with Crippen LogP contribution in [0.4, 0.5) is 0 Å². The van der Waals surface area contributed by atoms with Crippen molar-refractivity contribution in [3.63, 3.8) is 0 Å². The molecule has 0 saturated carbocycles. The van der Waals surface area contributed by atoms with Gasteiger partial charge in [-0.15, -0.1) is 17.0 Å². The van der Waals surface area contributed by atoms with Crippen molar-refractivity contribution in [2.45, 2.75) is 26.8 Å². The first-order valence-corrected chi connectivity index (χ1v) is 6.32. The van der Waals surface area contributed by atoms with E-state index >= 15 is 0 Å². The Balaban J connectivity index is 0. The SMILES string of the molecule is Br.CC[n+]1csc(CCO)c1C.[Br-].c1cc[nH]c1. The van der Waals surface area contributed by atoms with Crippen LogP contribution in [0.25, 0.3) is 0 Å². The zero-order chi connectivity index (χ0) is 11.8. The van der Waals surface area contributed by atoms with Crippen molar-refractivity contribution in [2.75, 3.05) is 6.61 Å². The normalized spacial score (nSPS) is 8.61. The van der Waals surface area contributed by atoms with Crippen LogP contribution in [0.3, 0.4) is 0 Å². The molecule has 0 radical (unpaired) electrons. The van der Waals surface area contributed by atoms with Gasteiger partial charge in [0.2, 0.25) is 5.51 Å². The van der Waals surface area contributed by atoms with Crippen molar-refractivity contribution in [2.24, 2.45) is 0 Å². The molecule has 0 aromatic carbocycles. The maximum Gasteiger partial charge on any atom is 0.225 e. The lowest BCUT2D eigenvalue weighted by atomic mass is 10.3. The fourth-order valence-corrected chi connectivity index (χ4v) is 2.44. The first kappa shape index (κ1) is 20.2. The molecule has 2 rings (SSSR count). The fourth-order valence-electron chi connectivity index (χ4n) is 1.38. The van der Waals surface area contributed by atoms with E-state index in [4.69, 9.17) is 5.11 Å². The summed E-state index contributed by atoms with van der Waals surface area (Å²) in [5, 5.41) is 8.72. The first-order valence-electron chi connectivity index (χ1n) is 5.44. The summed E-state index contributed by atoms with van der Waals surface area (Å²) >= 11 is 1.73. The van der Waals surface area contributed by atoms with Crippen LogP contribution < -0.4 is 21.5 Å². The number of hydrogen-bond acceptors (Lipinski definition) is 2. The van der Waals surface area contributed by atoms with Crippen molar-refractivity contribution < 1.29 is 26.7 Å². The third-order valence-electron chi connectivity index (χ3n) is 2.33. The number of nitrogens with zero attached hydrogens (tertiary/aromatic N) is 1. The number of aromatic amines is 1. The van der Waals surface area contributed by atoms with E-state index in [9.17, 15) is 0 Å². The molecule has 18 heavy (non-hydrogen) atoms. The average molecular weight is 400 g/mol. The number of aromatic nitrogens is 2. The Morgan fingerprint density at radius 1 is 1.33 bits per heavy atom. The number of H-pyrrole nitrogens is 1. The smallest absolute Gasteiger partial charge is 0.225 e. The molecule has 0 atom stereocenters. The molecule has 104 valence electrons. The monoisotopic (exact) mass is 398 g/mol. The van der Waals surface area contributed by atoms with E-state index in [0.717, 1.165) is 13.0 Å². The highest BCUT2D eigenvalue weighted by atomic mass is 79.9. The molecule has 0 amide bonds. The lowest BCUT2D eigenvalue weighted by Crippen LogP contribution is -3.00. The van der Waals surface area contributed by atoms with E-state index < -0.39 is 0 Å². The Morgan fingerprint density at radius 3 is 2.28 bits per heavy atom. The van der Waals surface area contributed by atoms with E-state index in [-0.39, 0.29) is 40.6 Å². The molecular weight excluding hydrogens is 380 g/mol. The van der Waals surface area contributed by atoms with Gasteiger partial charge in [-0.2, -0.15) is 4.57 Å². The third-order valence-corrected chi connectivity index (χ3v) is 3.48. The first-order chi connectivity index (χ1) is 7.79. The second kappa shape index (κ2) is 11.9.